The molecule has 0 radical (unpaired) electrons. The number of carbonyl (C=O) groups excluding carboxylic acids is 3. The quantitative estimate of drug-likeness (QED) is 0.0824. The molecular formula is C46H60N2O18. The number of ether oxygens (including phenoxy) is 11. The molecule has 20 heteroatoms. The van der Waals surface area contributed by atoms with E-state index in [1.54, 1.807) is 39.0 Å². The third-order valence-electron chi connectivity index (χ3n) is 13.2. The lowest BCUT2D eigenvalue weighted by atomic mass is 9.66. The first-order valence-corrected chi connectivity index (χ1v) is 21.9. The minimum atomic E-state index is -1.52. The second kappa shape index (κ2) is 20.2. The number of hydrogen-bond donors (Lipinski definition) is 3. The van der Waals surface area contributed by atoms with Crippen molar-refractivity contribution in [2.45, 2.75) is 102 Å². The van der Waals surface area contributed by atoms with Gasteiger partial charge in [-0.25, -0.2) is 9.59 Å². The fourth-order valence-corrected chi connectivity index (χ4v) is 9.06. The lowest BCUT2D eigenvalue weighted by molar-refractivity contribution is -0.364. The molecule has 1 aromatic carbocycles. The SMILES string of the molecule is C=C(/C=C(OC)\C(OC(=O)N(C)CCN(C)C(=O)O[C@H]1/C=C/CC[C@@](C)(C(=O)O)CC1)=C(/C)OC)[C@@H]1c2cc3c(cc2[C@@H](O[C@@H]2O[C@@H]4CO[C@@H](C)O[C@H]4[C@H](O)[C@H]2O)[C@H]2COC(=O)[C@@H]21)OCO3. The lowest BCUT2D eigenvalue weighted by Gasteiger charge is -2.47. The Morgan fingerprint density at radius 2 is 1.65 bits per heavy atom. The van der Waals surface area contributed by atoms with Crippen molar-refractivity contribution >= 4 is 24.1 Å². The largest absolute Gasteiger partial charge is 0.497 e. The number of methoxy groups -OCH3 is 2. The molecule has 3 saturated heterocycles. The van der Waals surface area contributed by atoms with Gasteiger partial charge >= 0.3 is 24.1 Å². The molecule has 0 unspecified atom stereocenters. The van der Waals surface area contributed by atoms with E-state index in [1.165, 1.54) is 44.2 Å². The number of aliphatic hydroxyl groups excluding tert-OH is 2. The topological polar surface area (TPSA) is 237 Å². The molecule has 20 nitrogen and oxygen atoms in total. The van der Waals surface area contributed by atoms with E-state index in [0.29, 0.717) is 53.9 Å². The Bertz CT molecular complexity index is 2120. The number of fused-ring (bicyclic) bond motifs is 4. The summed E-state index contributed by atoms with van der Waals surface area (Å²) in [6.07, 6.45) is -2.54. The van der Waals surface area contributed by atoms with Gasteiger partial charge in [-0.2, -0.15) is 0 Å². The molecule has 0 bridgehead atoms. The number of aliphatic hydroxyl groups is 2. The van der Waals surface area contributed by atoms with Crippen molar-refractivity contribution in [3.8, 4) is 11.5 Å². The van der Waals surface area contributed by atoms with Crippen LogP contribution in [-0.4, -0.2) is 154 Å². The fraction of sp³-hybridized carbons (Fsp3) is 0.609. The van der Waals surface area contributed by atoms with E-state index in [-0.39, 0.29) is 50.4 Å². The van der Waals surface area contributed by atoms with Crippen LogP contribution < -0.4 is 9.47 Å². The number of esters is 1. The van der Waals surface area contributed by atoms with Gasteiger partial charge in [-0.05, 0) is 87.4 Å². The summed E-state index contributed by atoms with van der Waals surface area (Å²) in [5, 5.41) is 32.1. The maximum atomic E-state index is 13.8. The summed E-state index contributed by atoms with van der Waals surface area (Å²) in [6, 6.07) is 3.48. The predicted octanol–water partition coefficient (Wildman–Crippen LogP) is 4.26. The molecular weight excluding hydrogens is 869 g/mol. The van der Waals surface area contributed by atoms with Gasteiger partial charge in [0, 0.05) is 39.0 Å². The van der Waals surface area contributed by atoms with Crippen LogP contribution in [0.5, 0.6) is 11.5 Å². The smallest absolute Gasteiger partial charge is 0.415 e. The van der Waals surface area contributed by atoms with Crippen LogP contribution in [0.1, 0.15) is 69.6 Å². The molecule has 3 N–H and O–H groups in total. The Balaban J connectivity index is 1.07. The second-order valence-corrected chi connectivity index (χ2v) is 17.6. The molecule has 0 aromatic heterocycles. The van der Waals surface area contributed by atoms with Crippen molar-refractivity contribution in [2.24, 2.45) is 17.3 Å². The zero-order valence-electron chi connectivity index (χ0n) is 38.2. The number of carboxylic acids is 1. The number of allylic oxidation sites excluding steroid dienone is 4. The van der Waals surface area contributed by atoms with Crippen molar-refractivity contribution in [3.63, 3.8) is 0 Å². The van der Waals surface area contributed by atoms with E-state index >= 15 is 0 Å². The molecule has 2 aliphatic carbocycles. The number of nitrogens with zero attached hydrogens (tertiary/aromatic N) is 2. The summed E-state index contributed by atoms with van der Waals surface area (Å²) in [4.78, 5) is 54.9. The third kappa shape index (κ3) is 9.98. The molecule has 1 aromatic rings. The van der Waals surface area contributed by atoms with Crippen molar-refractivity contribution in [1.29, 1.82) is 0 Å². The van der Waals surface area contributed by atoms with Gasteiger partial charge in [0.2, 0.25) is 12.6 Å². The van der Waals surface area contributed by atoms with Crippen LogP contribution in [0.25, 0.3) is 0 Å². The fourth-order valence-electron chi connectivity index (χ4n) is 9.06. The van der Waals surface area contributed by atoms with Crippen LogP contribution in [0.4, 0.5) is 9.59 Å². The van der Waals surface area contributed by atoms with Gasteiger partial charge in [-0.3, -0.25) is 9.59 Å². The number of amides is 2. The summed E-state index contributed by atoms with van der Waals surface area (Å²) < 4.78 is 64.0. The molecule has 6 aliphatic rings. The zero-order chi connectivity index (χ0) is 47.6. The van der Waals surface area contributed by atoms with Gasteiger partial charge in [0.15, 0.2) is 29.8 Å². The van der Waals surface area contributed by atoms with Crippen molar-refractivity contribution < 1.29 is 86.6 Å². The summed E-state index contributed by atoms with van der Waals surface area (Å²) in [5.74, 6) is -2.77. The highest BCUT2D eigenvalue weighted by molar-refractivity contribution is 5.79. The van der Waals surface area contributed by atoms with E-state index < -0.39 is 96.5 Å². The predicted molar refractivity (Wildman–Crippen MR) is 227 cm³/mol. The molecule has 0 spiro atoms. The van der Waals surface area contributed by atoms with E-state index in [0.717, 1.165) is 0 Å². The minimum Gasteiger partial charge on any atom is -0.497 e. The van der Waals surface area contributed by atoms with Gasteiger partial charge in [-0.1, -0.05) is 12.7 Å². The summed E-state index contributed by atoms with van der Waals surface area (Å²) in [5.41, 5.74) is 0.579. The van der Waals surface area contributed by atoms with E-state index in [9.17, 15) is 34.5 Å². The summed E-state index contributed by atoms with van der Waals surface area (Å²) >= 11 is 0. The lowest BCUT2D eigenvalue weighted by Crippen LogP contribution is -2.63. The Hall–Kier alpha value is -5.38. The Morgan fingerprint density at radius 1 is 0.955 bits per heavy atom. The number of carbonyl (C=O) groups is 4. The molecule has 0 saturated carbocycles. The second-order valence-electron chi connectivity index (χ2n) is 17.6. The molecule has 66 heavy (non-hydrogen) atoms. The highest BCUT2D eigenvalue weighted by Gasteiger charge is 2.56. The zero-order valence-corrected chi connectivity index (χ0v) is 38.2. The third-order valence-corrected chi connectivity index (χ3v) is 13.2. The van der Waals surface area contributed by atoms with Gasteiger partial charge < -0.3 is 77.2 Å². The molecule has 362 valence electrons. The van der Waals surface area contributed by atoms with Crippen molar-refractivity contribution in [3.05, 3.63) is 70.9 Å². The monoisotopic (exact) mass is 928 g/mol. The molecule has 4 aliphatic heterocycles. The van der Waals surface area contributed by atoms with E-state index in [2.05, 4.69) is 6.58 Å². The van der Waals surface area contributed by atoms with Crippen LogP contribution in [-0.2, 0) is 52.2 Å². The highest BCUT2D eigenvalue weighted by Crippen LogP contribution is 2.56. The average molecular weight is 929 g/mol. The van der Waals surface area contributed by atoms with Crippen LogP contribution in [0.15, 0.2) is 59.8 Å². The molecule has 12 atom stereocenters. The number of aliphatic carboxylic acids is 1. The van der Waals surface area contributed by atoms with E-state index in [4.69, 9.17) is 52.1 Å². The number of cyclic esters (lactones) is 1. The number of hydrogen-bond acceptors (Lipinski definition) is 17. The van der Waals surface area contributed by atoms with Crippen LogP contribution >= 0.6 is 0 Å². The molecule has 4 heterocycles. The maximum Gasteiger partial charge on any atom is 0.415 e. The van der Waals surface area contributed by atoms with Gasteiger partial charge in [0.1, 0.15) is 36.3 Å². The minimum absolute atomic E-state index is 0.0325. The molecule has 7 rings (SSSR count). The number of carboxylic acid groups (broad SMARTS) is 1. The Morgan fingerprint density at radius 3 is 2.33 bits per heavy atom. The number of likely N-dealkylation sites (N-methyl/N-ethyl adjacent to an activating group) is 2. The van der Waals surface area contributed by atoms with Gasteiger partial charge in [0.05, 0.1) is 44.9 Å². The summed E-state index contributed by atoms with van der Waals surface area (Å²) in [7, 11) is 5.77. The molecule has 3 fully saturated rings. The highest BCUT2D eigenvalue weighted by atomic mass is 16.8. The van der Waals surface area contributed by atoms with Gasteiger partial charge in [0.25, 0.3) is 0 Å². The Kier molecular flexibility index (Phi) is 14.9. The Labute approximate surface area is 382 Å². The first-order chi connectivity index (χ1) is 31.4. The summed E-state index contributed by atoms with van der Waals surface area (Å²) in [6.45, 7) is 9.42. The maximum absolute atomic E-state index is 13.8. The standard InChI is InChI=1S/C46H60N2O18/c1-23(17-32(57-8)38(24(2)56-7)66-45(55)48(6)16-15-47(5)44(54)63-26-11-9-10-13-46(4,14-12-26)43(52)53)34-27-18-30-31(61-22-60-30)19-28(27)39(29-20-59-41(51)35(29)34)65-42-37(50)36(49)40-33(64-42)21-58-25(3)62-40/h9,11,17-19,25-26,29,33-37,39-40,42,49-50H,1,10,12-16,20-22H2,2-8H3,(H,52,53)/b11-9+,32-17+,38-24-/t25-,26+,29+,33-,34-,35+,36-,37-,39-,40-,42+,46-/m1/s1. The molecule has 2 amide bonds. The van der Waals surface area contributed by atoms with Crippen LogP contribution in [0.2, 0.25) is 0 Å². The van der Waals surface area contributed by atoms with Crippen LogP contribution in [0.3, 0.4) is 0 Å². The normalized spacial score (nSPS) is 33.3. The average Bonchev–Trinajstić information content (AvgIpc) is 3.92. The first kappa shape index (κ1) is 48.6. The van der Waals surface area contributed by atoms with Crippen LogP contribution in [0, 0.1) is 17.3 Å². The van der Waals surface area contributed by atoms with E-state index in [1.807, 2.05) is 6.08 Å². The van der Waals surface area contributed by atoms with Crippen molar-refractivity contribution in [2.75, 3.05) is 61.4 Å². The number of rotatable bonds is 13. The number of benzene rings is 1. The van der Waals surface area contributed by atoms with Crippen molar-refractivity contribution in [1.82, 2.24) is 9.80 Å². The first-order valence-electron chi connectivity index (χ1n) is 21.9. The van der Waals surface area contributed by atoms with Gasteiger partial charge in [-0.15, -0.1) is 0 Å².